The molecule has 122 valence electrons. The molecule has 0 spiro atoms. The Morgan fingerprint density at radius 1 is 1.26 bits per heavy atom. The van der Waals surface area contributed by atoms with E-state index in [0.717, 1.165) is 12.8 Å². The predicted octanol–water partition coefficient (Wildman–Crippen LogP) is 1.85. The van der Waals surface area contributed by atoms with Crippen molar-refractivity contribution in [3.63, 3.8) is 0 Å². The number of nitrogens with zero attached hydrogens (tertiary/aromatic N) is 3. The average molecular weight is 466 g/mol. The maximum absolute atomic E-state index is 12.3. The second kappa shape index (κ2) is 5.87. The highest BCUT2D eigenvalue weighted by atomic mass is 79.9. The fraction of sp³-hybridized carbons (Fsp3) is 0.250. The molecule has 0 saturated heterocycles. The monoisotopic (exact) mass is 464 g/mol. The summed E-state index contributed by atoms with van der Waals surface area (Å²) >= 11 is 6.22. The second-order valence-electron chi connectivity index (χ2n) is 4.91. The van der Waals surface area contributed by atoms with Crippen LogP contribution in [0.4, 0.5) is 4.79 Å². The van der Waals surface area contributed by atoms with Crippen molar-refractivity contribution in [2.75, 3.05) is 0 Å². The molecule has 0 unspecified atom stereocenters. The molecular weight excluding hydrogens is 456 g/mol. The van der Waals surface area contributed by atoms with Crippen LogP contribution in [0.3, 0.4) is 0 Å². The average Bonchev–Trinajstić information content (AvgIpc) is 3.24. The Morgan fingerprint density at radius 2 is 1.91 bits per heavy atom. The van der Waals surface area contributed by atoms with E-state index in [1.807, 2.05) is 4.72 Å². The maximum atomic E-state index is 12.3. The van der Waals surface area contributed by atoms with E-state index in [9.17, 15) is 18.0 Å². The minimum atomic E-state index is -4.13. The normalized spacial score (nSPS) is 14.7. The van der Waals surface area contributed by atoms with E-state index in [0.29, 0.717) is 9.15 Å². The number of amides is 1. The third-order valence-corrected chi connectivity index (χ3v) is 6.09. The molecule has 1 aliphatic rings. The number of nitrogens with one attached hydrogen (secondary N) is 1. The van der Waals surface area contributed by atoms with E-state index in [2.05, 4.69) is 37.0 Å². The molecule has 0 aliphatic heterocycles. The molecule has 0 atom stereocenters. The first-order chi connectivity index (χ1) is 10.8. The molecule has 8 nitrogen and oxygen atoms in total. The molecule has 1 saturated carbocycles. The Bertz CT molecular complexity index is 946. The van der Waals surface area contributed by atoms with Crippen molar-refractivity contribution >= 4 is 47.9 Å². The minimum Gasteiger partial charge on any atom is -0.266 e. The summed E-state index contributed by atoms with van der Waals surface area (Å²) in [7, 11) is -4.13. The zero-order chi connectivity index (χ0) is 16.8. The van der Waals surface area contributed by atoms with Gasteiger partial charge in [-0.15, -0.1) is 9.78 Å². The van der Waals surface area contributed by atoms with Gasteiger partial charge in [-0.1, -0.05) is 12.1 Å². The van der Waals surface area contributed by atoms with E-state index in [4.69, 9.17) is 0 Å². The number of rotatable bonds is 3. The largest absolute Gasteiger partial charge is 0.360 e. The molecule has 3 rings (SSSR count). The molecule has 1 N–H and O–H groups in total. The number of hydrogen-bond donors (Lipinski definition) is 1. The van der Waals surface area contributed by atoms with E-state index < -0.39 is 21.7 Å². The molecule has 11 heteroatoms. The first-order valence-electron chi connectivity index (χ1n) is 6.50. The van der Waals surface area contributed by atoms with Gasteiger partial charge in [0.05, 0.1) is 0 Å². The van der Waals surface area contributed by atoms with Gasteiger partial charge in [0.2, 0.25) is 4.73 Å². The first-order valence-corrected chi connectivity index (χ1v) is 9.57. The van der Waals surface area contributed by atoms with Crippen LogP contribution in [-0.2, 0) is 10.0 Å². The van der Waals surface area contributed by atoms with Gasteiger partial charge in [0.25, 0.3) is 10.0 Å². The smallest absolute Gasteiger partial charge is 0.266 e. The number of aromatic nitrogens is 3. The topological polar surface area (TPSA) is 103 Å². The molecule has 1 fully saturated rings. The summed E-state index contributed by atoms with van der Waals surface area (Å²) in [6.07, 6.45) is 1.64. The highest BCUT2D eigenvalue weighted by Gasteiger charge is 2.31. The molecule has 1 amide bonds. The Balaban J connectivity index is 1.92. The summed E-state index contributed by atoms with van der Waals surface area (Å²) in [6, 6.07) is 4.90. The van der Waals surface area contributed by atoms with Gasteiger partial charge in [-0.05, 0) is 56.8 Å². The quantitative estimate of drug-likeness (QED) is 0.744. The Labute approximate surface area is 147 Å². The van der Waals surface area contributed by atoms with Crippen molar-refractivity contribution in [2.24, 2.45) is 0 Å². The fourth-order valence-electron chi connectivity index (χ4n) is 2.00. The lowest BCUT2D eigenvalue weighted by atomic mass is 10.4. The first kappa shape index (κ1) is 16.4. The predicted molar refractivity (Wildman–Crippen MR) is 87.7 cm³/mol. The number of hydrogen-bond acceptors (Lipinski definition) is 5. The Hall–Kier alpha value is -1.46. The van der Waals surface area contributed by atoms with Crippen molar-refractivity contribution in [2.45, 2.75) is 23.8 Å². The van der Waals surface area contributed by atoms with Gasteiger partial charge < -0.3 is 0 Å². The van der Waals surface area contributed by atoms with E-state index >= 15 is 0 Å². The molecular formula is C12H10Br2N4O4S. The molecule has 1 aromatic carbocycles. The van der Waals surface area contributed by atoms with Crippen LogP contribution >= 0.6 is 31.9 Å². The number of benzene rings is 1. The van der Waals surface area contributed by atoms with Crippen LogP contribution in [0.15, 0.2) is 43.2 Å². The van der Waals surface area contributed by atoms with Gasteiger partial charge in [-0.25, -0.2) is 22.7 Å². The SMILES string of the molecule is O=C(NS(=O)(=O)c1ccccc1Br)n1nc(Br)n(C2CC2)c1=O. The summed E-state index contributed by atoms with van der Waals surface area (Å²) in [6.45, 7) is 0. The van der Waals surface area contributed by atoms with Gasteiger partial charge in [-0.2, -0.15) is 0 Å². The Kier molecular flexibility index (Phi) is 4.19. The van der Waals surface area contributed by atoms with Gasteiger partial charge in [-0.3, -0.25) is 4.57 Å². The van der Waals surface area contributed by atoms with Crippen molar-refractivity contribution in [1.82, 2.24) is 19.1 Å². The van der Waals surface area contributed by atoms with Crippen LogP contribution in [0.1, 0.15) is 18.9 Å². The summed E-state index contributed by atoms with van der Waals surface area (Å²) in [5.41, 5.74) is -0.681. The molecule has 0 bridgehead atoms. The second-order valence-corrected chi connectivity index (χ2v) is 8.12. The zero-order valence-electron chi connectivity index (χ0n) is 11.4. The van der Waals surface area contributed by atoms with E-state index in [1.165, 1.54) is 22.8 Å². The maximum Gasteiger partial charge on any atom is 0.360 e. The van der Waals surface area contributed by atoms with Gasteiger partial charge >= 0.3 is 11.7 Å². The minimum absolute atomic E-state index is 0.00157. The lowest BCUT2D eigenvalue weighted by molar-refractivity contribution is 0.243. The number of halogens is 2. The van der Waals surface area contributed by atoms with E-state index in [-0.39, 0.29) is 15.7 Å². The highest BCUT2D eigenvalue weighted by Crippen LogP contribution is 2.35. The third-order valence-electron chi connectivity index (χ3n) is 3.22. The molecule has 1 aliphatic carbocycles. The van der Waals surface area contributed by atoms with Gasteiger partial charge in [0.1, 0.15) is 4.90 Å². The van der Waals surface area contributed by atoms with Crippen LogP contribution in [0.25, 0.3) is 0 Å². The summed E-state index contributed by atoms with van der Waals surface area (Å²) in [5.74, 6) is 0. The molecule has 23 heavy (non-hydrogen) atoms. The van der Waals surface area contributed by atoms with Crippen LogP contribution in [-0.4, -0.2) is 28.8 Å². The van der Waals surface area contributed by atoms with Crippen molar-refractivity contribution < 1.29 is 13.2 Å². The number of sulfonamides is 1. The number of carbonyl (C=O) groups is 1. The molecule has 2 aromatic rings. The highest BCUT2D eigenvalue weighted by molar-refractivity contribution is 9.10. The van der Waals surface area contributed by atoms with Crippen LogP contribution in [0.2, 0.25) is 0 Å². The van der Waals surface area contributed by atoms with Gasteiger partial charge in [0, 0.05) is 10.5 Å². The standard InChI is InChI=1S/C12H10Br2N4O4S/c13-8-3-1-2-4-9(8)23(21,22)16-11(19)18-12(20)17(7-5-6-7)10(14)15-18/h1-4,7H,5-6H2,(H,16,19). The number of carbonyl (C=O) groups excluding carboxylic acids is 1. The van der Waals surface area contributed by atoms with Gasteiger partial charge in [0.15, 0.2) is 0 Å². The fourth-order valence-corrected chi connectivity index (χ4v) is 4.53. The summed E-state index contributed by atoms with van der Waals surface area (Å²) in [4.78, 5) is 24.2. The van der Waals surface area contributed by atoms with E-state index in [1.54, 1.807) is 6.07 Å². The molecule has 0 radical (unpaired) electrons. The third kappa shape index (κ3) is 3.12. The lowest BCUT2D eigenvalue weighted by Crippen LogP contribution is -2.40. The molecule has 1 aromatic heterocycles. The molecule has 1 heterocycles. The lowest BCUT2D eigenvalue weighted by Gasteiger charge is -2.07. The van der Waals surface area contributed by atoms with Crippen LogP contribution < -0.4 is 10.4 Å². The summed E-state index contributed by atoms with van der Waals surface area (Å²) in [5, 5.41) is 3.77. The van der Waals surface area contributed by atoms with Crippen molar-refractivity contribution in [3.8, 4) is 0 Å². The Morgan fingerprint density at radius 3 is 2.52 bits per heavy atom. The summed E-state index contributed by atoms with van der Waals surface area (Å²) < 4.78 is 28.7. The van der Waals surface area contributed by atoms with Crippen molar-refractivity contribution in [1.29, 1.82) is 0 Å². The zero-order valence-corrected chi connectivity index (χ0v) is 15.4. The van der Waals surface area contributed by atoms with Crippen LogP contribution in [0.5, 0.6) is 0 Å². The van der Waals surface area contributed by atoms with Crippen molar-refractivity contribution in [3.05, 3.63) is 44.0 Å². The van der Waals surface area contributed by atoms with Crippen LogP contribution in [0, 0.1) is 0 Å².